The third-order valence-corrected chi connectivity index (χ3v) is 6.91. The Balaban J connectivity index is 1.14. The van der Waals surface area contributed by atoms with Gasteiger partial charge in [0.2, 0.25) is 11.9 Å². The molecule has 6 heterocycles. The van der Waals surface area contributed by atoms with Crippen molar-refractivity contribution in [2.24, 2.45) is 0 Å². The summed E-state index contributed by atoms with van der Waals surface area (Å²) >= 11 is 0. The van der Waals surface area contributed by atoms with Crippen LogP contribution in [0.4, 0.5) is 11.9 Å². The lowest BCUT2D eigenvalue weighted by Gasteiger charge is -2.23. The van der Waals surface area contributed by atoms with Crippen LogP contribution in [-0.2, 0) is 9.47 Å². The van der Waals surface area contributed by atoms with E-state index in [2.05, 4.69) is 40.8 Å². The lowest BCUT2D eigenvalue weighted by Crippen LogP contribution is -2.54. The van der Waals surface area contributed by atoms with Gasteiger partial charge in [-0.15, -0.1) is 0 Å². The number of nitrogens with two attached hydrogens (primary N) is 2. The van der Waals surface area contributed by atoms with Crippen LogP contribution < -0.4 is 33.4 Å². The van der Waals surface area contributed by atoms with Gasteiger partial charge in [0.05, 0.1) is 25.3 Å². The third kappa shape index (κ3) is 4.18. The lowest BCUT2D eigenvalue weighted by atomic mass is 10.1. The van der Waals surface area contributed by atoms with E-state index in [9.17, 15) is 30.0 Å². The largest absolute Gasteiger partial charge is 0.394 e. The maximum Gasteiger partial charge on any atom is 0.280 e. The van der Waals surface area contributed by atoms with Gasteiger partial charge in [0.25, 0.3) is 11.1 Å². The van der Waals surface area contributed by atoms with E-state index in [0.29, 0.717) is 0 Å². The van der Waals surface area contributed by atoms with Gasteiger partial charge in [-0.05, 0) is 0 Å². The van der Waals surface area contributed by atoms with Crippen LogP contribution in [0.1, 0.15) is 12.5 Å². The molecule has 214 valence electrons. The number of hydrogen-bond acceptors (Lipinski definition) is 16. The molecule has 0 radical (unpaired) electrons. The molecule has 0 saturated carbocycles. The lowest BCUT2D eigenvalue weighted by molar-refractivity contribution is -0.0491. The zero-order valence-corrected chi connectivity index (χ0v) is 20.4. The number of nitrogens with zero attached hydrogens (tertiary/aromatic N) is 6. The minimum Gasteiger partial charge on any atom is -0.394 e. The number of hydrogen-bond donors (Lipinski definition) is 10. The number of rotatable bonds is 7. The summed E-state index contributed by atoms with van der Waals surface area (Å²) in [5, 5.41) is 42.1. The second-order valence-electron chi connectivity index (χ2n) is 9.39. The number of aliphatic hydroxyl groups excluding tert-OH is 4. The van der Waals surface area contributed by atoms with Crippen molar-refractivity contribution in [3.63, 3.8) is 0 Å². The molecule has 20 nitrogen and oxygen atoms in total. The molecule has 0 aliphatic carbocycles. The van der Waals surface area contributed by atoms with E-state index >= 15 is 0 Å². The van der Waals surface area contributed by atoms with Crippen molar-refractivity contribution < 1.29 is 29.9 Å². The van der Waals surface area contributed by atoms with Gasteiger partial charge in [-0.2, -0.15) is 9.97 Å². The van der Waals surface area contributed by atoms with Gasteiger partial charge in [-0.25, -0.2) is 15.4 Å². The first kappa shape index (κ1) is 26.2. The predicted molar refractivity (Wildman–Crippen MR) is 133 cm³/mol. The highest BCUT2D eigenvalue weighted by Gasteiger charge is 2.47. The normalized spacial score (nSPS) is 30.6. The summed E-state index contributed by atoms with van der Waals surface area (Å²) in [6.07, 6.45) is -5.56. The highest BCUT2D eigenvalue weighted by Crippen LogP contribution is 2.32. The van der Waals surface area contributed by atoms with E-state index in [4.69, 9.17) is 20.9 Å². The molecule has 4 aromatic heterocycles. The second-order valence-corrected chi connectivity index (χ2v) is 9.39. The van der Waals surface area contributed by atoms with Gasteiger partial charge < -0.3 is 41.4 Å². The summed E-state index contributed by atoms with van der Waals surface area (Å²) in [7, 11) is 0. The fourth-order valence-corrected chi connectivity index (χ4v) is 4.97. The van der Waals surface area contributed by atoms with Gasteiger partial charge in [0.1, 0.15) is 30.5 Å². The molecule has 4 aromatic rings. The second kappa shape index (κ2) is 9.87. The molecule has 8 atom stereocenters. The molecule has 20 heteroatoms. The van der Waals surface area contributed by atoms with E-state index in [-0.39, 0.29) is 40.8 Å². The number of ether oxygens (including phenoxy) is 2. The average Bonchev–Trinajstić information content (AvgIpc) is 3.66. The quantitative estimate of drug-likeness (QED) is 0.0940. The first-order valence-electron chi connectivity index (χ1n) is 12.1. The number of anilines is 2. The molecule has 0 aromatic carbocycles. The molecule has 0 amide bonds. The number of hydrazine groups is 1. The number of fused-ring (bicyclic) bond motifs is 2. The van der Waals surface area contributed by atoms with E-state index < -0.39 is 66.7 Å². The van der Waals surface area contributed by atoms with E-state index in [1.54, 1.807) is 0 Å². The molecule has 6 rings (SSSR count). The van der Waals surface area contributed by atoms with Crippen molar-refractivity contribution in [2.75, 3.05) is 24.6 Å². The first-order chi connectivity index (χ1) is 19.2. The smallest absolute Gasteiger partial charge is 0.280 e. The number of nitrogens with one attached hydrogen (secondary N) is 4. The van der Waals surface area contributed by atoms with Crippen LogP contribution in [0.15, 0.2) is 22.2 Å². The van der Waals surface area contributed by atoms with Crippen LogP contribution in [0.25, 0.3) is 22.3 Å². The van der Waals surface area contributed by atoms with Crippen LogP contribution in [0.5, 0.6) is 0 Å². The predicted octanol–water partition coefficient (Wildman–Crippen LogP) is -5.25. The summed E-state index contributed by atoms with van der Waals surface area (Å²) in [6, 6.07) is -0.873. The van der Waals surface area contributed by atoms with E-state index in [1.165, 1.54) is 21.8 Å². The van der Waals surface area contributed by atoms with Crippen molar-refractivity contribution in [1.82, 2.24) is 49.9 Å². The van der Waals surface area contributed by atoms with Crippen LogP contribution in [0.2, 0.25) is 0 Å². The molecule has 2 fully saturated rings. The summed E-state index contributed by atoms with van der Waals surface area (Å²) in [6.45, 7) is -0.535. The van der Waals surface area contributed by atoms with Crippen molar-refractivity contribution in [1.29, 1.82) is 0 Å². The Morgan fingerprint density at radius 3 is 1.93 bits per heavy atom. The minimum atomic E-state index is -1.40. The van der Waals surface area contributed by atoms with E-state index in [0.717, 1.165) is 0 Å². The van der Waals surface area contributed by atoms with Crippen LogP contribution in [-0.4, -0.2) is 109 Å². The van der Waals surface area contributed by atoms with Crippen molar-refractivity contribution >= 4 is 34.2 Å². The SMILES string of the molecule is Nc1nc2c(ncn2[C@@H]2O[C@H](CNN[C@H]3[C@@H](O)[C@H](n4cnc5c(=O)[nH]c(N)nc54)O[C@@H]3CO)[C@@H](O)[C@H]2O)c(=O)[nH]1. The molecule has 2 saturated heterocycles. The number of H-pyrrole nitrogens is 2. The summed E-state index contributed by atoms with van der Waals surface area (Å²) in [4.78, 5) is 44.9. The number of imidazole rings is 2. The van der Waals surface area contributed by atoms with Gasteiger partial charge in [-0.1, -0.05) is 0 Å². The Labute approximate surface area is 221 Å². The number of aliphatic hydroxyl groups is 4. The van der Waals surface area contributed by atoms with Gasteiger partial charge >= 0.3 is 0 Å². The van der Waals surface area contributed by atoms with Gasteiger partial charge in [0, 0.05) is 6.54 Å². The van der Waals surface area contributed by atoms with Crippen molar-refractivity contribution in [2.45, 2.75) is 49.0 Å². The Morgan fingerprint density at radius 2 is 1.38 bits per heavy atom. The molecule has 0 unspecified atom stereocenters. The maximum atomic E-state index is 12.1. The number of aromatic amines is 2. The number of nitrogen functional groups attached to an aromatic ring is 2. The average molecular weight is 563 g/mol. The van der Waals surface area contributed by atoms with Crippen LogP contribution in [0, 0.1) is 0 Å². The minimum absolute atomic E-state index is 0.00581. The summed E-state index contributed by atoms with van der Waals surface area (Å²) in [5.74, 6) is -0.300. The van der Waals surface area contributed by atoms with Gasteiger partial charge in [0.15, 0.2) is 34.8 Å². The van der Waals surface area contributed by atoms with Crippen molar-refractivity contribution in [3.05, 3.63) is 33.4 Å². The topological polar surface area (TPSA) is 303 Å². The Kier molecular flexibility index (Phi) is 6.47. The molecular weight excluding hydrogens is 536 g/mol. The molecule has 2 aliphatic rings. The Bertz CT molecular complexity index is 1670. The zero-order chi connectivity index (χ0) is 28.3. The summed E-state index contributed by atoms with van der Waals surface area (Å²) in [5.41, 5.74) is 15.9. The van der Waals surface area contributed by atoms with E-state index in [1.807, 2.05) is 0 Å². The molecule has 12 N–H and O–H groups in total. The fraction of sp³-hybridized carbons (Fsp3) is 0.500. The van der Waals surface area contributed by atoms with Crippen LogP contribution in [0.3, 0.4) is 0 Å². The monoisotopic (exact) mass is 562 g/mol. The molecule has 0 spiro atoms. The van der Waals surface area contributed by atoms with Gasteiger partial charge in [-0.3, -0.25) is 34.1 Å². The maximum absolute atomic E-state index is 12.1. The third-order valence-electron chi connectivity index (χ3n) is 6.91. The van der Waals surface area contributed by atoms with Crippen LogP contribution >= 0.6 is 0 Å². The number of aromatic nitrogens is 8. The summed E-state index contributed by atoms with van der Waals surface area (Å²) < 4.78 is 14.3. The standard InChI is InChI=1S/C20H26N12O8/c21-19-26-13-8(15(37)28-19)23-3-31(13)17-11(35)7(6(2-33)40-17)30-25-1-5-10(34)12(36)18(39-5)32-4-24-9-14(32)27-20(22)29-16(9)38/h3-7,10-12,17-18,25,30,33-36H,1-2H2,(H3,21,26,28,37)(H3,22,27,29,38)/t5-,6-,7-,10-,11-,12-,17-,18-/m1/s1. The Hall–Kier alpha value is -4.02. The first-order valence-corrected chi connectivity index (χ1v) is 12.1. The Morgan fingerprint density at radius 1 is 0.850 bits per heavy atom. The highest BCUT2D eigenvalue weighted by atomic mass is 16.6. The molecule has 40 heavy (non-hydrogen) atoms. The fourth-order valence-electron chi connectivity index (χ4n) is 4.97. The molecule has 0 bridgehead atoms. The van der Waals surface area contributed by atoms with Crippen molar-refractivity contribution in [3.8, 4) is 0 Å². The molecule has 2 aliphatic heterocycles. The highest BCUT2D eigenvalue weighted by molar-refractivity contribution is 5.71. The molecular formula is C20H26N12O8. The zero-order valence-electron chi connectivity index (χ0n) is 20.4.